The molecule has 2 aromatic carbocycles. The maximum absolute atomic E-state index is 5.22. The molecule has 1 aliphatic rings. The Hall–Kier alpha value is -2.13. The Labute approximate surface area is 164 Å². The fourth-order valence-electron chi connectivity index (χ4n) is 4.46. The van der Waals surface area contributed by atoms with Crippen molar-refractivity contribution in [3.63, 3.8) is 0 Å². The largest absolute Gasteiger partial charge is 0.497 e. The second-order valence-corrected chi connectivity index (χ2v) is 7.97. The number of methoxy groups -OCH3 is 1. The molecule has 3 atom stereocenters. The van der Waals surface area contributed by atoms with E-state index in [1.807, 2.05) is 18.3 Å². The number of hydrogen-bond donors (Lipinski definition) is 0. The Bertz CT molecular complexity index is 741. The molecular weight excluding hydrogens is 332 g/mol. The van der Waals surface area contributed by atoms with Gasteiger partial charge in [0.05, 0.1) is 7.11 Å². The van der Waals surface area contributed by atoms with Crippen LogP contribution in [0.3, 0.4) is 0 Å². The van der Waals surface area contributed by atoms with Crippen LogP contribution in [0, 0.1) is 5.92 Å². The summed E-state index contributed by atoms with van der Waals surface area (Å²) in [6.07, 6.45) is 4.26. The van der Waals surface area contributed by atoms with Gasteiger partial charge in [0, 0.05) is 30.8 Å². The van der Waals surface area contributed by atoms with Crippen molar-refractivity contribution in [1.29, 1.82) is 0 Å². The van der Waals surface area contributed by atoms with E-state index in [1.165, 1.54) is 12.0 Å². The second kappa shape index (κ2) is 8.71. The van der Waals surface area contributed by atoms with Crippen LogP contribution in [0.4, 0.5) is 0 Å². The first-order valence-corrected chi connectivity index (χ1v) is 9.95. The van der Waals surface area contributed by atoms with Gasteiger partial charge in [0.2, 0.25) is 0 Å². The van der Waals surface area contributed by atoms with E-state index in [4.69, 9.17) is 9.73 Å². The van der Waals surface area contributed by atoms with E-state index in [0.29, 0.717) is 12.0 Å². The molecule has 0 unspecified atom stereocenters. The molecule has 0 amide bonds. The maximum Gasteiger partial charge on any atom is 0.118 e. The number of hydrogen-bond acceptors (Lipinski definition) is 3. The number of piperidine rings is 1. The third-order valence-corrected chi connectivity index (χ3v) is 6.31. The molecule has 0 bridgehead atoms. The van der Waals surface area contributed by atoms with E-state index < -0.39 is 0 Å². The molecule has 1 fully saturated rings. The molecule has 1 aliphatic heterocycles. The van der Waals surface area contributed by atoms with Gasteiger partial charge in [-0.3, -0.25) is 4.99 Å². The Morgan fingerprint density at radius 1 is 1.11 bits per heavy atom. The third-order valence-electron chi connectivity index (χ3n) is 6.31. The average Bonchev–Trinajstić information content (AvgIpc) is 2.70. The van der Waals surface area contributed by atoms with Crippen LogP contribution in [-0.2, 0) is 5.41 Å². The fraction of sp³-hybridized carbons (Fsp3) is 0.458. The van der Waals surface area contributed by atoms with Crippen LogP contribution >= 0.6 is 0 Å². The zero-order chi connectivity index (χ0) is 19.3. The van der Waals surface area contributed by atoms with Gasteiger partial charge in [-0.25, -0.2) is 0 Å². The number of ether oxygens (including phenoxy) is 1. The highest BCUT2D eigenvalue weighted by atomic mass is 16.5. The number of nitrogens with zero attached hydrogens (tertiary/aromatic N) is 2. The summed E-state index contributed by atoms with van der Waals surface area (Å²) in [4.78, 5) is 7.25. The zero-order valence-electron chi connectivity index (χ0n) is 17.1. The second-order valence-electron chi connectivity index (χ2n) is 7.97. The van der Waals surface area contributed by atoms with Crippen molar-refractivity contribution in [1.82, 2.24) is 4.90 Å². The predicted octanol–water partition coefficient (Wildman–Crippen LogP) is 4.80. The molecule has 1 saturated heterocycles. The van der Waals surface area contributed by atoms with Crippen LogP contribution in [0.15, 0.2) is 59.6 Å². The fourth-order valence-corrected chi connectivity index (χ4v) is 4.46. The molecule has 0 aliphatic carbocycles. The standard InChI is InChI=1S/C24H32N2O/c1-19-18-26(3)20(2)16-24(19,22-8-6-5-7-9-22)14-15-25-17-21-10-12-23(27-4)13-11-21/h5-13,17,19-20H,14-16,18H2,1-4H3/t19-,20+,24+/m0/s1. The minimum atomic E-state index is 0.199. The van der Waals surface area contributed by atoms with Gasteiger partial charge in [0.25, 0.3) is 0 Å². The smallest absolute Gasteiger partial charge is 0.118 e. The summed E-state index contributed by atoms with van der Waals surface area (Å²) in [6, 6.07) is 19.7. The first kappa shape index (κ1) is 19.6. The topological polar surface area (TPSA) is 24.8 Å². The molecule has 2 aromatic rings. The normalized spacial score (nSPS) is 26.4. The summed E-state index contributed by atoms with van der Waals surface area (Å²) in [6.45, 7) is 6.74. The van der Waals surface area contributed by atoms with E-state index in [1.54, 1.807) is 7.11 Å². The summed E-state index contributed by atoms with van der Waals surface area (Å²) >= 11 is 0. The number of rotatable bonds is 6. The van der Waals surface area contributed by atoms with Gasteiger partial charge >= 0.3 is 0 Å². The molecular formula is C24H32N2O. The first-order chi connectivity index (χ1) is 13.0. The van der Waals surface area contributed by atoms with Gasteiger partial charge in [0.1, 0.15) is 5.75 Å². The number of aliphatic imine (C=N–C) groups is 1. The van der Waals surface area contributed by atoms with Crippen molar-refractivity contribution >= 4 is 6.21 Å². The molecule has 144 valence electrons. The quantitative estimate of drug-likeness (QED) is 0.688. The lowest BCUT2D eigenvalue weighted by Gasteiger charge is -2.49. The molecule has 0 radical (unpaired) electrons. The summed E-state index contributed by atoms with van der Waals surface area (Å²) < 4.78 is 5.22. The molecule has 0 saturated carbocycles. The Morgan fingerprint density at radius 2 is 1.81 bits per heavy atom. The van der Waals surface area contributed by atoms with Gasteiger partial charge in [-0.1, -0.05) is 37.3 Å². The van der Waals surface area contributed by atoms with Crippen LogP contribution in [0.1, 0.15) is 37.8 Å². The number of benzene rings is 2. The van der Waals surface area contributed by atoms with Crippen LogP contribution in [0.5, 0.6) is 5.75 Å². The van der Waals surface area contributed by atoms with E-state index in [-0.39, 0.29) is 5.41 Å². The molecule has 0 aromatic heterocycles. The lowest BCUT2D eigenvalue weighted by atomic mass is 9.63. The predicted molar refractivity (Wildman–Crippen MR) is 114 cm³/mol. The molecule has 3 nitrogen and oxygen atoms in total. The third kappa shape index (κ3) is 4.41. The molecule has 0 spiro atoms. The molecule has 1 heterocycles. The van der Waals surface area contributed by atoms with E-state index in [9.17, 15) is 0 Å². The SMILES string of the molecule is COc1ccc(C=NCC[C@@]2(c3ccccc3)C[C@@H](C)N(C)C[C@@H]2C)cc1. The van der Waals surface area contributed by atoms with E-state index >= 15 is 0 Å². The van der Waals surface area contributed by atoms with Gasteiger partial charge in [-0.2, -0.15) is 0 Å². The highest BCUT2D eigenvalue weighted by Crippen LogP contribution is 2.44. The number of likely N-dealkylation sites (tertiary alicyclic amines) is 1. The summed E-state index contributed by atoms with van der Waals surface area (Å²) in [7, 11) is 3.94. The Balaban J connectivity index is 1.75. The Morgan fingerprint density at radius 3 is 2.48 bits per heavy atom. The monoisotopic (exact) mass is 364 g/mol. The minimum absolute atomic E-state index is 0.199. The van der Waals surface area contributed by atoms with Gasteiger partial charge in [-0.15, -0.1) is 0 Å². The van der Waals surface area contributed by atoms with Gasteiger partial charge in [0.15, 0.2) is 0 Å². The van der Waals surface area contributed by atoms with Crippen LogP contribution < -0.4 is 4.74 Å². The molecule has 0 N–H and O–H groups in total. The van der Waals surface area contributed by atoms with Gasteiger partial charge in [-0.05, 0) is 68.1 Å². The molecule has 3 rings (SSSR count). The molecule has 3 heteroatoms. The van der Waals surface area contributed by atoms with Crippen LogP contribution in [0.25, 0.3) is 0 Å². The maximum atomic E-state index is 5.22. The minimum Gasteiger partial charge on any atom is -0.497 e. The van der Waals surface area contributed by atoms with Crippen molar-refractivity contribution in [2.24, 2.45) is 10.9 Å². The summed E-state index contributed by atoms with van der Waals surface area (Å²) in [5, 5.41) is 0. The highest BCUT2D eigenvalue weighted by molar-refractivity contribution is 5.79. The molecule has 27 heavy (non-hydrogen) atoms. The van der Waals surface area contributed by atoms with E-state index in [2.05, 4.69) is 68.3 Å². The highest BCUT2D eigenvalue weighted by Gasteiger charge is 2.43. The Kier molecular flexibility index (Phi) is 6.33. The average molecular weight is 365 g/mol. The van der Waals surface area contributed by atoms with Crippen molar-refractivity contribution < 1.29 is 4.74 Å². The van der Waals surface area contributed by atoms with Crippen LogP contribution in [0.2, 0.25) is 0 Å². The lowest BCUT2D eigenvalue weighted by molar-refractivity contribution is 0.0705. The zero-order valence-corrected chi connectivity index (χ0v) is 17.1. The van der Waals surface area contributed by atoms with Crippen LogP contribution in [-0.4, -0.2) is 44.4 Å². The van der Waals surface area contributed by atoms with E-state index in [0.717, 1.165) is 30.8 Å². The first-order valence-electron chi connectivity index (χ1n) is 9.95. The van der Waals surface area contributed by atoms with Crippen molar-refractivity contribution in [3.05, 3.63) is 65.7 Å². The summed E-state index contributed by atoms with van der Waals surface area (Å²) in [5.74, 6) is 1.49. The van der Waals surface area contributed by atoms with Crippen molar-refractivity contribution in [2.45, 2.75) is 38.1 Å². The summed E-state index contributed by atoms with van der Waals surface area (Å²) in [5.41, 5.74) is 2.79. The van der Waals surface area contributed by atoms with Crippen molar-refractivity contribution in [2.75, 3.05) is 27.2 Å². The van der Waals surface area contributed by atoms with Crippen molar-refractivity contribution in [3.8, 4) is 5.75 Å². The van der Waals surface area contributed by atoms with Gasteiger partial charge < -0.3 is 9.64 Å². The lowest BCUT2D eigenvalue weighted by Crippen LogP contribution is -2.51.